The number of fused-ring (bicyclic) bond motifs is 1. The molecule has 0 radical (unpaired) electrons. The standard InChI is InChI=1S/C15H23N3OS/c1-10-8-18-14(11(2)17-15(18)20-10)7-16-13-6-4-3-5-12(13)9-19/h8,12-13,16,19H,3-7,9H2,1-2H3. The Hall–Kier alpha value is -0.910. The zero-order valence-electron chi connectivity index (χ0n) is 12.2. The molecule has 0 spiro atoms. The molecular weight excluding hydrogens is 270 g/mol. The van der Waals surface area contributed by atoms with Gasteiger partial charge in [-0.3, -0.25) is 4.40 Å². The number of nitrogens with one attached hydrogen (secondary N) is 1. The van der Waals surface area contributed by atoms with Crippen molar-refractivity contribution >= 4 is 16.3 Å². The van der Waals surface area contributed by atoms with Crippen LogP contribution < -0.4 is 5.32 Å². The monoisotopic (exact) mass is 293 g/mol. The summed E-state index contributed by atoms with van der Waals surface area (Å²) in [4.78, 5) is 7.00. The summed E-state index contributed by atoms with van der Waals surface area (Å²) in [5, 5.41) is 13.1. The highest BCUT2D eigenvalue weighted by molar-refractivity contribution is 7.17. The van der Waals surface area contributed by atoms with E-state index in [1.165, 1.54) is 29.8 Å². The van der Waals surface area contributed by atoms with Crippen molar-refractivity contribution in [1.82, 2.24) is 14.7 Å². The highest BCUT2D eigenvalue weighted by atomic mass is 32.1. The van der Waals surface area contributed by atoms with Gasteiger partial charge in [-0.15, -0.1) is 11.3 Å². The lowest BCUT2D eigenvalue weighted by atomic mass is 9.85. The van der Waals surface area contributed by atoms with Crippen molar-refractivity contribution < 1.29 is 5.11 Å². The van der Waals surface area contributed by atoms with Gasteiger partial charge in [-0.2, -0.15) is 0 Å². The predicted molar refractivity (Wildman–Crippen MR) is 82.2 cm³/mol. The van der Waals surface area contributed by atoms with Gasteiger partial charge in [-0.05, 0) is 32.6 Å². The summed E-state index contributed by atoms with van der Waals surface area (Å²) in [6.07, 6.45) is 7.01. The number of aryl methyl sites for hydroxylation is 2. The second-order valence-corrected chi connectivity index (χ2v) is 7.07. The lowest BCUT2D eigenvalue weighted by Gasteiger charge is -2.31. The van der Waals surface area contributed by atoms with Crippen LogP contribution in [0.2, 0.25) is 0 Å². The van der Waals surface area contributed by atoms with Gasteiger partial charge in [0.25, 0.3) is 0 Å². The van der Waals surface area contributed by atoms with Crippen molar-refractivity contribution in [2.45, 2.75) is 52.1 Å². The first-order valence-corrected chi connectivity index (χ1v) is 8.29. The van der Waals surface area contributed by atoms with Crippen LogP contribution in [0.3, 0.4) is 0 Å². The molecule has 2 aromatic rings. The molecular formula is C15H23N3OS. The van der Waals surface area contributed by atoms with Crippen molar-refractivity contribution in [2.24, 2.45) is 5.92 Å². The molecule has 110 valence electrons. The van der Waals surface area contributed by atoms with E-state index < -0.39 is 0 Å². The average Bonchev–Trinajstić information content (AvgIpc) is 2.92. The molecule has 1 aliphatic rings. The van der Waals surface area contributed by atoms with Crippen LogP contribution in [0.1, 0.15) is 41.9 Å². The molecule has 2 aromatic heterocycles. The number of hydrogen-bond acceptors (Lipinski definition) is 4. The summed E-state index contributed by atoms with van der Waals surface area (Å²) < 4.78 is 2.21. The van der Waals surface area contributed by atoms with Crippen LogP contribution in [0.4, 0.5) is 0 Å². The number of aliphatic hydroxyl groups is 1. The number of aromatic nitrogens is 2. The zero-order chi connectivity index (χ0) is 14.1. The molecule has 2 unspecified atom stereocenters. The van der Waals surface area contributed by atoms with Gasteiger partial charge in [0.15, 0.2) is 4.96 Å². The molecule has 2 heterocycles. The number of thiazole rings is 1. The summed E-state index contributed by atoms with van der Waals surface area (Å²) in [5.41, 5.74) is 2.37. The average molecular weight is 293 g/mol. The Balaban J connectivity index is 1.74. The first-order chi connectivity index (χ1) is 9.69. The highest BCUT2D eigenvalue weighted by Gasteiger charge is 2.24. The van der Waals surface area contributed by atoms with E-state index in [9.17, 15) is 5.11 Å². The third-order valence-corrected chi connectivity index (χ3v) is 5.31. The fourth-order valence-electron chi connectivity index (χ4n) is 3.24. The fraction of sp³-hybridized carbons (Fsp3) is 0.667. The summed E-state index contributed by atoms with van der Waals surface area (Å²) >= 11 is 1.74. The molecule has 1 saturated carbocycles. The minimum absolute atomic E-state index is 0.302. The Labute approximate surface area is 123 Å². The molecule has 2 atom stereocenters. The fourth-order valence-corrected chi connectivity index (χ4v) is 4.13. The van der Waals surface area contributed by atoms with E-state index in [0.29, 0.717) is 18.6 Å². The summed E-state index contributed by atoms with van der Waals surface area (Å²) in [6, 6.07) is 0.443. The predicted octanol–water partition coefficient (Wildman–Crippen LogP) is 2.65. The van der Waals surface area contributed by atoms with E-state index in [1.54, 1.807) is 11.3 Å². The summed E-state index contributed by atoms with van der Waals surface area (Å²) in [7, 11) is 0. The summed E-state index contributed by atoms with van der Waals surface area (Å²) in [6.45, 7) is 5.34. The topological polar surface area (TPSA) is 49.6 Å². The third-order valence-electron chi connectivity index (χ3n) is 4.42. The Morgan fingerprint density at radius 1 is 1.40 bits per heavy atom. The van der Waals surface area contributed by atoms with Crippen molar-refractivity contribution in [3.05, 3.63) is 22.5 Å². The molecule has 1 aliphatic carbocycles. The van der Waals surface area contributed by atoms with Gasteiger partial charge in [-0.25, -0.2) is 4.98 Å². The highest BCUT2D eigenvalue weighted by Crippen LogP contribution is 2.25. The molecule has 5 heteroatoms. The molecule has 1 fully saturated rings. The number of nitrogens with zero attached hydrogens (tertiary/aromatic N) is 2. The van der Waals surface area contributed by atoms with Crippen LogP contribution in [0.15, 0.2) is 6.20 Å². The first kappa shape index (κ1) is 14.0. The maximum Gasteiger partial charge on any atom is 0.194 e. The van der Waals surface area contributed by atoms with Crippen LogP contribution >= 0.6 is 11.3 Å². The molecule has 0 amide bonds. The van der Waals surface area contributed by atoms with Gasteiger partial charge < -0.3 is 10.4 Å². The van der Waals surface area contributed by atoms with Gasteiger partial charge in [0.05, 0.1) is 11.4 Å². The molecule has 4 nitrogen and oxygen atoms in total. The maximum atomic E-state index is 9.49. The molecule has 0 aromatic carbocycles. The van der Waals surface area contributed by atoms with Gasteiger partial charge in [0.1, 0.15) is 0 Å². The lowest BCUT2D eigenvalue weighted by molar-refractivity contribution is 0.152. The lowest BCUT2D eigenvalue weighted by Crippen LogP contribution is -2.40. The number of hydrogen-bond donors (Lipinski definition) is 2. The minimum atomic E-state index is 0.302. The number of rotatable bonds is 4. The van der Waals surface area contributed by atoms with Crippen LogP contribution in [-0.2, 0) is 6.54 Å². The molecule has 0 bridgehead atoms. The third kappa shape index (κ3) is 2.62. The normalized spacial score (nSPS) is 23.6. The zero-order valence-corrected chi connectivity index (χ0v) is 13.0. The number of imidazole rings is 1. The maximum absolute atomic E-state index is 9.49. The van der Waals surface area contributed by atoms with Crippen molar-refractivity contribution in [3.63, 3.8) is 0 Å². The second kappa shape index (κ2) is 5.84. The molecule has 0 saturated heterocycles. The van der Waals surface area contributed by atoms with E-state index in [2.05, 4.69) is 34.7 Å². The van der Waals surface area contributed by atoms with Gasteiger partial charge >= 0.3 is 0 Å². The Bertz CT molecular complexity index is 589. The molecule has 20 heavy (non-hydrogen) atoms. The van der Waals surface area contributed by atoms with Gasteiger partial charge in [0, 0.05) is 30.3 Å². The van der Waals surface area contributed by atoms with Crippen molar-refractivity contribution in [2.75, 3.05) is 6.61 Å². The van der Waals surface area contributed by atoms with Crippen LogP contribution in [-0.4, -0.2) is 27.1 Å². The van der Waals surface area contributed by atoms with Crippen LogP contribution in [0.25, 0.3) is 4.96 Å². The van der Waals surface area contributed by atoms with Crippen LogP contribution in [0, 0.1) is 19.8 Å². The Morgan fingerprint density at radius 2 is 2.20 bits per heavy atom. The SMILES string of the molecule is Cc1cn2c(CNC3CCCCC3CO)c(C)nc2s1. The minimum Gasteiger partial charge on any atom is -0.396 e. The van der Waals surface area contributed by atoms with Crippen molar-refractivity contribution in [3.8, 4) is 0 Å². The smallest absolute Gasteiger partial charge is 0.194 e. The van der Waals surface area contributed by atoms with E-state index in [0.717, 1.165) is 23.6 Å². The van der Waals surface area contributed by atoms with Crippen molar-refractivity contribution in [1.29, 1.82) is 0 Å². The quantitative estimate of drug-likeness (QED) is 0.911. The van der Waals surface area contributed by atoms with Gasteiger partial charge in [-0.1, -0.05) is 12.8 Å². The van der Waals surface area contributed by atoms with E-state index in [1.807, 2.05) is 0 Å². The van der Waals surface area contributed by atoms with Gasteiger partial charge in [0.2, 0.25) is 0 Å². The van der Waals surface area contributed by atoms with E-state index in [-0.39, 0.29) is 0 Å². The number of aliphatic hydroxyl groups excluding tert-OH is 1. The Morgan fingerprint density at radius 3 is 3.00 bits per heavy atom. The van der Waals surface area contributed by atoms with E-state index in [4.69, 9.17) is 0 Å². The van der Waals surface area contributed by atoms with E-state index >= 15 is 0 Å². The van der Waals surface area contributed by atoms with Crippen LogP contribution in [0.5, 0.6) is 0 Å². The second-order valence-electron chi connectivity index (χ2n) is 5.85. The summed E-state index contributed by atoms with van der Waals surface area (Å²) in [5.74, 6) is 0.414. The molecule has 3 rings (SSSR count). The largest absolute Gasteiger partial charge is 0.396 e. The molecule has 0 aliphatic heterocycles. The molecule has 2 N–H and O–H groups in total. The first-order valence-electron chi connectivity index (χ1n) is 7.47. The Kier molecular flexibility index (Phi) is 4.10.